The lowest BCUT2D eigenvalue weighted by Crippen LogP contribution is -2.12. The summed E-state index contributed by atoms with van der Waals surface area (Å²) in [5, 5.41) is 24.5. The summed E-state index contributed by atoms with van der Waals surface area (Å²) < 4.78 is 19.0. The Bertz CT molecular complexity index is 111. The molecular weight excluding hydrogens is 232 g/mol. The van der Waals surface area contributed by atoms with Crippen molar-refractivity contribution in [1.82, 2.24) is 0 Å². The minimum atomic E-state index is -1.01. The number of methoxy groups -OCH3 is 2. The first-order chi connectivity index (χ1) is 8.22. The number of aliphatic hydroxyl groups excluding tert-OH is 3. The van der Waals surface area contributed by atoms with Crippen LogP contribution in [-0.4, -0.2) is 82.1 Å². The minimum Gasteiger partial charge on any atom is -0.394 e. The van der Waals surface area contributed by atoms with Crippen LogP contribution in [-0.2, 0) is 18.9 Å². The van der Waals surface area contributed by atoms with Crippen LogP contribution in [0, 0.1) is 0 Å². The van der Waals surface area contributed by atoms with Crippen molar-refractivity contribution in [1.29, 1.82) is 0 Å². The first kappa shape index (κ1) is 19.1. The highest BCUT2D eigenvalue weighted by Crippen LogP contribution is 1.78. The Morgan fingerprint density at radius 3 is 1.76 bits per heavy atom. The average Bonchev–Trinajstić information content (AvgIpc) is 2.37. The molecule has 1 atom stereocenters. The lowest BCUT2D eigenvalue weighted by Gasteiger charge is -2.03. The zero-order valence-electron chi connectivity index (χ0n) is 10.5. The Hall–Kier alpha value is -0.280. The standard InChI is InChI=1S/C7H16O4.C3H8O3/c1-9-4-5-11-7-6-10-3-2-8;1-6-3(5)2-4/h8H,2-7H2,1H3;3-5H,2H2,1H3. The molecule has 0 aromatic carbocycles. The molecule has 0 aromatic heterocycles. The van der Waals surface area contributed by atoms with Crippen LogP contribution in [0.3, 0.4) is 0 Å². The molecule has 7 nitrogen and oxygen atoms in total. The van der Waals surface area contributed by atoms with E-state index < -0.39 is 6.29 Å². The number of hydrogen-bond acceptors (Lipinski definition) is 7. The monoisotopic (exact) mass is 256 g/mol. The molecule has 0 radical (unpaired) electrons. The van der Waals surface area contributed by atoms with Crippen molar-refractivity contribution >= 4 is 0 Å². The molecule has 0 spiro atoms. The Kier molecular flexibility index (Phi) is 20.3. The van der Waals surface area contributed by atoms with Gasteiger partial charge in [-0.1, -0.05) is 0 Å². The van der Waals surface area contributed by atoms with Crippen molar-refractivity contribution < 1.29 is 34.3 Å². The fraction of sp³-hybridized carbons (Fsp3) is 1.00. The first-order valence-corrected chi connectivity index (χ1v) is 5.29. The second-order valence-electron chi connectivity index (χ2n) is 2.81. The van der Waals surface area contributed by atoms with Gasteiger partial charge in [0.2, 0.25) is 0 Å². The number of aliphatic hydroxyl groups is 3. The topological polar surface area (TPSA) is 97.6 Å². The molecule has 0 fully saturated rings. The van der Waals surface area contributed by atoms with Crippen LogP contribution in [0.4, 0.5) is 0 Å². The molecule has 106 valence electrons. The van der Waals surface area contributed by atoms with E-state index in [0.29, 0.717) is 33.0 Å². The van der Waals surface area contributed by atoms with Crippen molar-refractivity contribution in [2.24, 2.45) is 0 Å². The van der Waals surface area contributed by atoms with Gasteiger partial charge >= 0.3 is 0 Å². The summed E-state index contributed by atoms with van der Waals surface area (Å²) in [4.78, 5) is 0. The first-order valence-electron chi connectivity index (χ1n) is 5.29. The molecule has 3 N–H and O–H groups in total. The zero-order chi connectivity index (χ0) is 13.4. The Balaban J connectivity index is 0. The summed E-state index contributed by atoms with van der Waals surface area (Å²) in [6.07, 6.45) is -1.01. The minimum absolute atomic E-state index is 0.0675. The van der Waals surface area contributed by atoms with Gasteiger partial charge in [-0.25, -0.2) is 0 Å². The van der Waals surface area contributed by atoms with Gasteiger partial charge in [-0.2, -0.15) is 0 Å². The lowest BCUT2D eigenvalue weighted by molar-refractivity contribution is -0.102. The molecule has 0 rings (SSSR count). The number of hydrogen-bond donors (Lipinski definition) is 3. The average molecular weight is 256 g/mol. The van der Waals surface area contributed by atoms with Crippen LogP contribution in [0.15, 0.2) is 0 Å². The van der Waals surface area contributed by atoms with Gasteiger partial charge in [-0.3, -0.25) is 0 Å². The molecule has 0 aromatic rings. The highest BCUT2D eigenvalue weighted by Gasteiger charge is 1.92. The maximum atomic E-state index is 8.32. The second-order valence-corrected chi connectivity index (χ2v) is 2.81. The third-order valence-electron chi connectivity index (χ3n) is 1.47. The summed E-state index contributed by atoms with van der Waals surface area (Å²) in [6, 6.07) is 0. The molecule has 0 aliphatic rings. The van der Waals surface area contributed by atoms with E-state index in [1.165, 1.54) is 7.11 Å². The predicted molar refractivity (Wildman–Crippen MR) is 60.7 cm³/mol. The molecule has 0 saturated heterocycles. The lowest BCUT2D eigenvalue weighted by atomic mass is 10.7. The van der Waals surface area contributed by atoms with Crippen molar-refractivity contribution in [3.8, 4) is 0 Å². The summed E-state index contributed by atoms with van der Waals surface area (Å²) in [6.45, 7) is 2.41. The van der Waals surface area contributed by atoms with Crippen LogP contribution >= 0.6 is 0 Å². The van der Waals surface area contributed by atoms with E-state index in [-0.39, 0.29) is 13.2 Å². The molecule has 0 saturated carbocycles. The molecule has 0 amide bonds. The third-order valence-corrected chi connectivity index (χ3v) is 1.47. The summed E-state index contributed by atoms with van der Waals surface area (Å²) >= 11 is 0. The highest BCUT2D eigenvalue weighted by molar-refractivity contribution is 4.31. The predicted octanol–water partition coefficient (Wildman–Crippen LogP) is -1.40. The maximum absolute atomic E-state index is 8.32. The van der Waals surface area contributed by atoms with E-state index in [2.05, 4.69) is 4.74 Å². The molecule has 0 bridgehead atoms. The Morgan fingerprint density at radius 1 is 0.882 bits per heavy atom. The van der Waals surface area contributed by atoms with Gasteiger partial charge in [0.15, 0.2) is 6.29 Å². The number of rotatable bonds is 10. The zero-order valence-corrected chi connectivity index (χ0v) is 10.5. The van der Waals surface area contributed by atoms with Crippen molar-refractivity contribution in [3.63, 3.8) is 0 Å². The van der Waals surface area contributed by atoms with E-state index in [1.807, 2.05) is 0 Å². The van der Waals surface area contributed by atoms with E-state index >= 15 is 0 Å². The normalized spacial score (nSPS) is 11.8. The van der Waals surface area contributed by atoms with E-state index in [4.69, 9.17) is 29.5 Å². The van der Waals surface area contributed by atoms with Crippen LogP contribution in [0.2, 0.25) is 0 Å². The van der Waals surface area contributed by atoms with Gasteiger partial charge in [0.05, 0.1) is 46.2 Å². The fourth-order valence-electron chi connectivity index (χ4n) is 0.603. The van der Waals surface area contributed by atoms with Gasteiger partial charge in [-0.05, 0) is 0 Å². The van der Waals surface area contributed by atoms with Gasteiger partial charge < -0.3 is 34.3 Å². The van der Waals surface area contributed by atoms with Gasteiger partial charge in [-0.15, -0.1) is 0 Å². The van der Waals surface area contributed by atoms with Gasteiger partial charge in [0, 0.05) is 14.2 Å². The van der Waals surface area contributed by atoms with Crippen LogP contribution in [0.1, 0.15) is 0 Å². The third kappa shape index (κ3) is 21.5. The van der Waals surface area contributed by atoms with Crippen LogP contribution < -0.4 is 0 Å². The summed E-state index contributed by atoms with van der Waals surface area (Å²) in [7, 11) is 2.95. The molecule has 17 heavy (non-hydrogen) atoms. The quantitative estimate of drug-likeness (QED) is 0.327. The highest BCUT2D eigenvalue weighted by atomic mass is 16.6. The van der Waals surface area contributed by atoms with E-state index in [0.717, 1.165) is 0 Å². The molecule has 0 aliphatic heterocycles. The summed E-state index contributed by atoms with van der Waals surface area (Å²) in [5.41, 5.74) is 0. The van der Waals surface area contributed by atoms with Gasteiger partial charge in [0.1, 0.15) is 0 Å². The molecule has 0 heterocycles. The largest absolute Gasteiger partial charge is 0.394 e. The van der Waals surface area contributed by atoms with Gasteiger partial charge in [0.25, 0.3) is 0 Å². The van der Waals surface area contributed by atoms with Crippen molar-refractivity contribution in [3.05, 3.63) is 0 Å². The van der Waals surface area contributed by atoms with Crippen molar-refractivity contribution in [2.45, 2.75) is 6.29 Å². The smallest absolute Gasteiger partial charge is 0.177 e. The van der Waals surface area contributed by atoms with Crippen LogP contribution in [0.5, 0.6) is 0 Å². The molecule has 1 unspecified atom stereocenters. The van der Waals surface area contributed by atoms with Crippen molar-refractivity contribution in [2.75, 3.05) is 60.5 Å². The SMILES string of the molecule is COC(O)CO.COCCOCCOCCO. The maximum Gasteiger partial charge on any atom is 0.177 e. The molecule has 0 aliphatic carbocycles. The fourth-order valence-corrected chi connectivity index (χ4v) is 0.603. The number of ether oxygens (including phenoxy) is 4. The summed E-state index contributed by atoms with van der Waals surface area (Å²) in [5.74, 6) is 0. The van der Waals surface area contributed by atoms with Crippen LogP contribution in [0.25, 0.3) is 0 Å². The Morgan fingerprint density at radius 2 is 1.41 bits per heavy atom. The Labute approximate surface area is 102 Å². The van der Waals surface area contributed by atoms with E-state index in [9.17, 15) is 0 Å². The second kappa shape index (κ2) is 18.1. The molecule has 7 heteroatoms. The van der Waals surface area contributed by atoms with E-state index in [1.54, 1.807) is 7.11 Å². The molecular formula is C10H24O7.